The molecule has 0 unspecified atom stereocenters. The number of aromatic carboxylic acids is 1. The number of methoxy groups -OCH3 is 1. The summed E-state index contributed by atoms with van der Waals surface area (Å²) in [5.74, 6) is 0.0949. The van der Waals surface area contributed by atoms with Gasteiger partial charge < -0.3 is 14.6 Å². The standard InChI is InChI=1S/C18H14N4O4S/c1-25-12-4-2-11(3-5-12)9-22-17(16(18(23)24)20-21-22)26-13-6-7-14-15(8-13)27-10-19-14/h2-8,10H,9H2,1H3,(H,23,24). The van der Waals surface area contributed by atoms with Crippen LogP contribution in [0.25, 0.3) is 10.2 Å². The van der Waals surface area contributed by atoms with Gasteiger partial charge in [-0.05, 0) is 29.8 Å². The summed E-state index contributed by atoms with van der Waals surface area (Å²) in [6.07, 6.45) is 0. The van der Waals surface area contributed by atoms with E-state index in [1.165, 1.54) is 16.0 Å². The van der Waals surface area contributed by atoms with Gasteiger partial charge in [0.15, 0.2) is 0 Å². The summed E-state index contributed by atoms with van der Waals surface area (Å²) in [5, 5.41) is 17.1. The minimum atomic E-state index is -1.20. The molecule has 2 aromatic heterocycles. The van der Waals surface area contributed by atoms with Gasteiger partial charge in [0, 0.05) is 6.07 Å². The maximum Gasteiger partial charge on any atom is 0.362 e. The van der Waals surface area contributed by atoms with Crippen molar-refractivity contribution >= 4 is 27.5 Å². The number of benzene rings is 2. The third-order valence-electron chi connectivity index (χ3n) is 3.90. The molecule has 2 aromatic carbocycles. The first-order valence-electron chi connectivity index (χ1n) is 7.95. The molecule has 0 saturated carbocycles. The fourth-order valence-corrected chi connectivity index (χ4v) is 3.26. The molecule has 2 heterocycles. The van der Waals surface area contributed by atoms with E-state index < -0.39 is 5.97 Å². The zero-order chi connectivity index (χ0) is 18.8. The molecule has 136 valence electrons. The van der Waals surface area contributed by atoms with Crippen LogP contribution in [0.4, 0.5) is 0 Å². The number of thiazole rings is 1. The Kier molecular flexibility index (Phi) is 4.43. The van der Waals surface area contributed by atoms with Gasteiger partial charge in [-0.2, -0.15) is 0 Å². The number of carboxylic acids is 1. The fraction of sp³-hybridized carbons (Fsp3) is 0.111. The molecule has 0 spiro atoms. The number of carboxylic acid groups (broad SMARTS) is 1. The highest BCUT2D eigenvalue weighted by Crippen LogP contribution is 2.29. The van der Waals surface area contributed by atoms with Gasteiger partial charge in [0.1, 0.15) is 11.5 Å². The van der Waals surface area contributed by atoms with Gasteiger partial charge in [0.05, 0.1) is 29.4 Å². The average Bonchev–Trinajstić information content (AvgIpc) is 3.29. The van der Waals surface area contributed by atoms with Crippen molar-refractivity contribution in [1.29, 1.82) is 0 Å². The van der Waals surface area contributed by atoms with Crippen LogP contribution in [0.15, 0.2) is 48.0 Å². The van der Waals surface area contributed by atoms with Crippen molar-refractivity contribution in [3.63, 3.8) is 0 Å². The first kappa shape index (κ1) is 17.0. The summed E-state index contributed by atoms with van der Waals surface area (Å²) in [5.41, 5.74) is 3.26. The molecule has 0 aliphatic rings. The van der Waals surface area contributed by atoms with Gasteiger partial charge >= 0.3 is 5.97 Å². The van der Waals surface area contributed by atoms with Gasteiger partial charge in [-0.3, -0.25) is 0 Å². The number of carbonyl (C=O) groups is 1. The van der Waals surface area contributed by atoms with Crippen LogP contribution in [0.2, 0.25) is 0 Å². The van der Waals surface area contributed by atoms with Gasteiger partial charge in [-0.25, -0.2) is 14.5 Å². The molecule has 9 heteroatoms. The van der Waals surface area contributed by atoms with Gasteiger partial charge in [-0.1, -0.05) is 17.3 Å². The maximum atomic E-state index is 11.5. The third kappa shape index (κ3) is 3.44. The monoisotopic (exact) mass is 382 g/mol. The summed E-state index contributed by atoms with van der Waals surface area (Å²) in [4.78, 5) is 15.7. The van der Waals surface area contributed by atoms with Gasteiger partial charge in [-0.15, -0.1) is 16.4 Å². The predicted octanol–water partition coefficient (Wildman–Crippen LogP) is 3.44. The topological polar surface area (TPSA) is 99.4 Å². The van der Waals surface area contributed by atoms with E-state index in [1.54, 1.807) is 18.7 Å². The molecule has 0 aliphatic heterocycles. The molecular formula is C18H14N4O4S. The lowest BCUT2D eigenvalue weighted by molar-refractivity contribution is 0.0687. The van der Waals surface area contributed by atoms with E-state index in [2.05, 4.69) is 15.3 Å². The highest BCUT2D eigenvalue weighted by atomic mass is 32.1. The number of fused-ring (bicyclic) bond motifs is 1. The number of ether oxygens (including phenoxy) is 2. The van der Waals surface area contributed by atoms with Crippen molar-refractivity contribution in [3.05, 3.63) is 59.2 Å². The SMILES string of the molecule is COc1ccc(Cn2nnc(C(=O)O)c2Oc2ccc3ncsc3c2)cc1. The fourth-order valence-electron chi connectivity index (χ4n) is 2.56. The number of aromatic nitrogens is 4. The van der Waals surface area contributed by atoms with Crippen LogP contribution >= 0.6 is 11.3 Å². The van der Waals surface area contributed by atoms with Crippen LogP contribution in [-0.2, 0) is 6.54 Å². The van der Waals surface area contributed by atoms with Gasteiger partial charge in [0.2, 0.25) is 5.69 Å². The zero-order valence-electron chi connectivity index (χ0n) is 14.2. The smallest absolute Gasteiger partial charge is 0.362 e. The minimum Gasteiger partial charge on any atom is -0.497 e. The Labute approximate surface area is 157 Å². The van der Waals surface area contributed by atoms with E-state index in [1.807, 2.05) is 36.4 Å². The molecule has 0 amide bonds. The lowest BCUT2D eigenvalue weighted by Crippen LogP contribution is -2.06. The molecule has 0 saturated heterocycles. The number of rotatable bonds is 6. The second kappa shape index (κ2) is 7.04. The Morgan fingerprint density at radius 1 is 1.19 bits per heavy atom. The first-order valence-corrected chi connectivity index (χ1v) is 8.83. The van der Waals surface area contributed by atoms with Crippen molar-refractivity contribution in [2.45, 2.75) is 6.54 Å². The summed E-state index contributed by atoms with van der Waals surface area (Å²) >= 11 is 1.48. The van der Waals surface area contributed by atoms with E-state index in [0.29, 0.717) is 12.3 Å². The molecule has 0 aliphatic carbocycles. The van der Waals surface area contributed by atoms with Crippen molar-refractivity contribution < 1.29 is 19.4 Å². The van der Waals surface area contributed by atoms with Crippen molar-refractivity contribution in [2.75, 3.05) is 7.11 Å². The molecular weight excluding hydrogens is 368 g/mol. The Hall–Kier alpha value is -3.46. The van der Waals surface area contributed by atoms with E-state index in [-0.39, 0.29) is 11.6 Å². The molecule has 27 heavy (non-hydrogen) atoms. The second-order valence-electron chi connectivity index (χ2n) is 5.64. The van der Waals surface area contributed by atoms with Crippen LogP contribution in [0, 0.1) is 0 Å². The molecule has 0 atom stereocenters. The highest BCUT2D eigenvalue weighted by molar-refractivity contribution is 7.16. The zero-order valence-corrected chi connectivity index (χ0v) is 15.0. The highest BCUT2D eigenvalue weighted by Gasteiger charge is 2.22. The first-order chi connectivity index (χ1) is 13.1. The summed E-state index contributed by atoms with van der Waals surface area (Å²) in [6.45, 7) is 0.308. The molecule has 4 rings (SSSR count). The number of hydrogen-bond acceptors (Lipinski definition) is 7. The normalized spacial score (nSPS) is 10.9. The van der Waals surface area contributed by atoms with Gasteiger partial charge in [0.25, 0.3) is 5.88 Å². The molecule has 1 N–H and O–H groups in total. The lowest BCUT2D eigenvalue weighted by Gasteiger charge is -2.09. The Morgan fingerprint density at radius 2 is 1.96 bits per heavy atom. The number of nitrogens with zero attached hydrogens (tertiary/aromatic N) is 4. The van der Waals surface area contributed by atoms with Crippen LogP contribution in [-0.4, -0.2) is 38.2 Å². The Morgan fingerprint density at radius 3 is 2.70 bits per heavy atom. The van der Waals surface area contributed by atoms with E-state index >= 15 is 0 Å². The Balaban J connectivity index is 1.66. The average molecular weight is 382 g/mol. The van der Waals surface area contributed by atoms with Crippen molar-refractivity contribution in [2.24, 2.45) is 0 Å². The van der Waals surface area contributed by atoms with Crippen LogP contribution in [0.3, 0.4) is 0 Å². The van der Waals surface area contributed by atoms with E-state index in [9.17, 15) is 9.90 Å². The summed E-state index contributed by atoms with van der Waals surface area (Å²) in [7, 11) is 1.59. The summed E-state index contributed by atoms with van der Waals surface area (Å²) in [6, 6.07) is 12.7. The van der Waals surface area contributed by atoms with Crippen molar-refractivity contribution in [3.8, 4) is 17.4 Å². The van der Waals surface area contributed by atoms with E-state index in [4.69, 9.17) is 9.47 Å². The maximum absolute atomic E-state index is 11.5. The minimum absolute atomic E-state index is 0.0715. The number of hydrogen-bond donors (Lipinski definition) is 1. The quantitative estimate of drug-likeness (QED) is 0.545. The largest absolute Gasteiger partial charge is 0.497 e. The van der Waals surface area contributed by atoms with Crippen LogP contribution < -0.4 is 9.47 Å². The molecule has 0 fully saturated rings. The summed E-state index contributed by atoms with van der Waals surface area (Å²) < 4.78 is 13.4. The molecule has 0 radical (unpaired) electrons. The van der Waals surface area contributed by atoms with E-state index in [0.717, 1.165) is 21.5 Å². The lowest BCUT2D eigenvalue weighted by atomic mass is 10.2. The second-order valence-corrected chi connectivity index (χ2v) is 6.52. The third-order valence-corrected chi connectivity index (χ3v) is 4.69. The van der Waals surface area contributed by atoms with Crippen molar-refractivity contribution in [1.82, 2.24) is 20.0 Å². The molecule has 0 bridgehead atoms. The van der Waals surface area contributed by atoms with Crippen LogP contribution in [0.1, 0.15) is 16.1 Å². The predicted molar refractivity (Wildman–Crippen MR) is 98.8 cm³/mol. The Bertz CT molecular complexity index is 1100. The molecule has 4 aromatic rings. The van der Waals surface area contributed by atoms with Crippen LogP contribution in [0.5, 0.6) is 17.4 Å². The molecule has 8 nitrogen and oxygen atoms in total.